The first-order chi connectivity index (χ1) is 12.2. The number of H-pyrrole nitrogens is 1. The van der Waals surface area contributed by atoms with Crippen molar-refractivity contribution in [3.05, 3.63) is 64.8 Å². The van der Waals surface area contributed by atoms with Crippen LogP contribution in [0.15, 0.2) is 48.8 Å². The van der Waals surface area contributed by atoms with Gasteiger partial charge in [0.1, 0.15) is 27.7 Å². The minimum Gasteiger partial charge on any atom is -0.329 e. The molecule has 7 heteroatoms. The number of benzene rings is 1. The van der Waals surface area contributed by atoms with Crippen molar-refractivity contribution in [2.45, 2.75) is 6.92 Å². The summed E-state index contributed by atoms with van der Waals surface area (Å²) in [4.78, 5) is 16.4. The molecule has 25 heavy (non-hydrogen) atoms. The molecule has 0 saturated carbocycles. The van der Waals surface area contributed by atoms with Crippen LogP contribution in [-0.2, 0) is 0 Å². The third kappa shape index (κ3) is 2.40. The van der Waals surface area contributed by atoms with Crippen LogP contribution in [0.1, 0.15) is 11.4 Å². The van der Waals surface area contributed by atoms with Gasteiger partial charge in [0.25, 0.3) is 0 Å². The predicted octanol–water partition coefficient (Wildman–Crippen LogP) is 3.72. The second-order valence-electron chi connectivity index (χ2n) is 5.42. The van der Waals surface area contributed by atoms with Crippen molar-refractivity contribution < 1.29 is 0 Å². The lowest BCUT2D eigenvalue weighted by Crippen LogP contribution is -2.03. The zero-order valence-corrected chi connectivity index (χ0v) is 14.1. The lowest BCUT2D eigenvalue weighted by atomic mass is 10.0. The first-order valence-electron chi connectivity index (χ1n) is 7.59. The third-order valence-electron chi connectivity index (χ3n) is 3.92. The number of imidazole rings is 1. The Kier molecular flexibility index (Phi) is 3.60. The minimum absolute atomic E-state index is 0.367. The lowest BCUT2D eigenvalue weighted by molar-refractivity contribution is 0.894. The summed E-state index contributed by atoms with van der Waals surface area (Å²) >= 11 is 5.42. The van der Waals surface area contributed by atoms with E-state index in [9.17, 15) is 5.26 Å². The summed E-state index contributed by atoms with van der Waals surface area (Å²) in [7, 11) is 0. The molecule has 3 aromatic heterocycles. The van der Waals surface area contributed by atoms with E-state index < -0.39 is 0 Å². The fraction of sp³-hybridized carbons (Fsp3) is 0.0556. The van der Waals surface area contributed by atoms with Crippen LogP contribution in [0.5, 0.6) is 0 Å². The van der Waals surface area contributed by atoms with Gasteiger partial charge in [-0.2, -0.15) is 5.26 Å². The van der Waals surface area contributed by atoms with Crippen LogP contribution in [0, 0.1) is 22.9 Å². The van der Waals surface area contributed by atoms with Gasteiger partial charge in [0, 0.05) is 18.0 Å². The molecule has 0 aliphatic carbocycles. The van der Waals surface area contributed by atoms with E-state index in [0.717, 1.165) is 11.1 Å². The molecule has 120 valence electrons. The Balaban J connectivity index is 2.16. The maximum Gasteiger partial charge on any atom is 0.236 e. The molecule has 1 N–H and O–H groups in total. The van der Waals surface area contributed by atoms with Crippen molar-refractivity contribution in [3.63, 3.8) is 0 Å². The molecule has 0 spiro atoms. The average molecular weight is 344 g/mol. The zero-order chi connectivity index (χ0) is 17.4. The van der Waals surface area contributed by atoms with E-state index in [1.807, 2.05) is 37.3 Å². The van der Waals surface area contributed by atoms with Gasteiger partial charge in [-0.1, -0.05) is 42.5 Å². The Bertz CT molecular complexity index is 1170. The first kappa shape index (κ1) is 15.2. The summed E-state index contributed by atoms with van der Waals surface area (Å²) in [6.45, 7) is 1.87. The SMILES string of the molecule is Cc1nc2c(-c3ccccc3)c(C#N)c(=S)[nH]c2n1-c1ncccn1. The number of fused-ring (bicyclic) bond motifs is 1. The van der Waals surface area contributed by atoms with Crippen molar-refractivity contribution >= 4 is 23.4 Å². The molecular formula is C18H12N6S. The molecule has 0 aliphatic rings. The van der Waals surface area contributed by atoms with E-state index in [-0.39, 0.29) is 0 Å². The van der Waals surface area contributed by atoms with Crippen LogP contribution < -0.4 is 0 Å². The molecular weight excluding hydrogens is 332 g/mol. The number of pyridine rings is 1. The van der Waals surface area contributed by atoms with Crippen molar-refractivity contribution in [3.8, 4) is 23.1 Å². The molecule has 4 rings (SSSR count). The molecule has 0 radical (unpaired) electrons. The monoisotopic (exact) mass is 344 g/mol. The number of nitrogens with zero attached hydrogens (tertiary/aromatic N) is 5. The van der Waals surface area contributed by atoms with Gasteiger partial charge >= 0.3 is 0 Å². The van der Waals surface area contributed by atoms with E-state index in [0.29, 0.717) is 33.1 Å². The van der Waals surface area contributed by atoms with E-state index in [1.165, 1.54) is 0 Å². The number of aromatic amines is 1. The predicted molar refractivity (Wildman–Crippen MR) is 96.7 cm³/mol. The highest BCUT2D eigenvalue weighted by atomic mass is 32.1. The second kappa shape index (κ2) is 5.92. The van der Waals surface area contributed by atoms with Crippen LogP contribution in [0.3, 0.4) is 0 Å². The van der Waals surface area contributed by atoms with Crippen LogP contribution in [0.4, 0.5) is 0 Å². The number of rotatable bonds is 2. The Morgan fingerprint density at radius 1 is 1.12 bits per heavy atom. The van der Waals surface area contributed by atoms with Gasteiger partial charge in [-0.15, -0.1) is 0 Å². The molecule has 4 aromatic rings. The molecule has 1 aromatic carbocycles. The fourth-order valence-corrected chi connectivity index (χ4v) is 3.11. The standard InChI is InChI=1S/C18H12N6S/c1-11-22-15-14(12-6-3-2-4-7-12)13(10-19)17(25)23-16(15)24(11)18-20-8-5-9-21-18/h2-9H,1H3,(H,23,25). The Morgan fingerprint density at radius 2 is 1.84 bits per heavy atom. The number of hydrogen-bond donors (Lipinski definition) is 1. The molecule has 0 aliphatic heterocycles. The quantitative estimate of drug-likeness (QED) is 0.560. The van der Waals surface area contributed by atoms with E-state index in [2.05, 4.69) is 26.0 Å². The number of nitriles is 1. The number of aromatic nitrogens is 5. The summed E-state index contributed by atoms with van der Waals surface area (Å²) in [5.41, 5.74) is 3.36. The highest BCUT2D eigenvalue weighted by Gasteiger charge is 2.19. The summed E-state index contributed by atoms with van der Waals surface area (Å²) in [6.07, 6.45) is 3.34. The van der Waals surface area contributed by atoms with Crippen molar-refractivity contribution in [1.29, 1.82) is 5.26 Å². The summed E-state index contributed by atoms with van der Waals surface area (Å²) in [5, 5.41) is 9.62. The molecule has 0 amide bonds. The Labute approximate surface area is 148 Å². The maximum absolute atomic E-state index is 9.62. The molecule has 0 atom stereocenters. The van der Waals surface area contributed by atoms with Gasteiger partial charge in [-0.3, -0.25) is 0 Å². The van der Waals surface area contributed by atoms with E-state index in [1.54, 1.807) is 23.0 Å². The molecule has 0 saturated heterocycles. The minimum atomic E-state index is 0.367. The highest BCUT2D eigenvalue weighted by molar-refractivity contribution is 7.71. The van der Waals surface area contributed by atoms with Crippen molar-refractivity contribution in [2.75, 3.05) is 0 Å². The summed E-state index contributed by atoms with van der Waals surface area (Å²) in [6, 6.07) is 13.6. The number of nitrogens with one attached hydrogen (secondary N) is 1. The molecule has 3 heterocycles. The fourth-order valence-electron chi connectivity index (χ4n) is 2.87. The lowest BCUT2D eigenvalue weighted by Gasteiger charge is -2.08. The average Bonchev–Trinajstić information content (AvgIpc) is 2.97. The Morgan fingerprint density at radius 3 is 2.52 bits per heavy atom. The molecule has 0 unspecified atom stereocenters. The van der Waals surface area contributed by atoms with Gasteiger partial charge in [0.05, 0.1) is 5.56 Å². The van der Waals surface area contributed by atoms with Gasteiger partial charge in [0.15, 0.2) is 0 Å². The Hall–Kier alpha value is -3.37. The van der Waals surface area contributed by atoms with E-state index in [4.69, 9.17) is 12.2 Å². The van der Waals surface area contributed by atoms with Crippen LogP contribution in [0.25, 0.3) is 28.2 Å². The molecule has 0 bridgehead atoms. The van der Waals surface area contributed by atoms with Gasteiger partial charge in [-0.25, -0.2) is 19.5 Å². The van der Waals surface area contributed by atoms with E-state index >= 15 is 0 Å². The van der Waals surface area contributed by atoms with Crippen LogP contribution in [0.2, 0.25) is 0 Å². The first-order valence-corrected chi connectivity index (χ1v) is 7.99. The van der Waals surface area contributed by atoms with Gasteiger partial charge < -0.3 is 4.98 Å². The van der Waals surface area contributed by atoms with Crippen molar-refractivity contribution in [1.82, 2.24) is 24.5 Å². The van der Waals surface area contributed by atoms with Gasteiger partial charge in [-0.05, 0) is 18.6 Å². The topological polar surface area (TPSA) is 83.2 Å². The molecule has 0 fully saturated rings. The number of hydrogen-bond acceptors (Lipinski definition) is 5. The third-order valence-corrected chi connectivity index (χ3v) is 4.22. The largest absolute Gasteiger partial charge is 0.329 e. The second-order valence-corrected chi connectivity index (χ2v) is 5.83. The summed E-state index contributed by atoms with van der Waals surface area (Å²) in [5.74, 6) is 1.20. The van der Waals surface area contributed by atoms with Gasteiger partial charge in [0.2, 0.25) is 5.95 Å². The molecule has 6 nitrogen and oxygen atoms in total. The maximum atomic E-state index is 9.62. The normalized spacial score (nSPS) is 10.7. The smallest absolute Gasteiger partial charge is 0.236 e. The summed E-state index contributed by atoms with van der Waals surface area (Å²) < 4.78 is 2.17. The number of aryl methyl sites for hydroxylation is 1. The van der Waals surface area contributed by atoms with Crippen LogP contribution >= 0.6 is 12.2 Å². The highest BCUT2D eigenvalue weighted by Crippen LogP contribution is 2.32. The van der Waals surface area contributed by atoms with Crippen molar-refractivity contribution in [2.24, 2.45) is 0 Å². The van der Waals surface area contributed by atoms with Crippen LogP contribution in [-0.4, -0.2) is 24.5 Å². The zero-order valence-electron chi connectivity index (χ0n) is 13.3.